The summed E-state index contributed by atoms with van der Waals surface area (Å²) in [5.74, 6) is -0.134. The van der Waals surface area contributed by atoms with E-state index in [1.54, 1.807) is 6.92 Å². The van der Waals surface area contributed by atoms with Crippen LogP contribution in [0.3, 0.4) is 0 Å². The highest BCUT2D eigenvalue weighted by atomic mass is 32.2. The molecule has 0 saturated heterocycles. The van der Waals surface area contributed by atoms with E-state index < -0.39 is 22.4 Å². The normalized spacial score (nSPS) is 13.7. The molecular formula is C15H24FNO3S. The van der Waals surface area contributed by atoms with Crippen LogP contribution in [0.1, 0.15) is 44.7 Å². The molecule has 0 aliphatic heterocycles. The molecule has 1 aromatic carbocycles. The Hall–Kier alpha value is -0.980. The summed E-state index contributed by atoms with van der Waals surface area (Å²) in [5, 5.41) is 9.09. The molecule has 6 heteroatoms. The van der Waals surface area contributed by atoms with Gasteiger partial charge < -0.3 is 5.11 Å². The van der Waals surface area contributed by atoms with Gasteiger partial charge in [0.15, 0.2) is 0 Å². The first-order valence-corrected chi connectivity index (χ1v) is 8.58. The van der Waals surface area contributed by atoms with E-state index in [0.29, 0.717) is 5.92 Å². The van der Waals surface area contributed by atoms with Crippen molar-refractivity contribution >= 4 is 10.0 Å². The number of nitrogens with one attached hydrogen (secondary N) is 1. The lowest BCUT2D eigenvalue weighted by molar-refractivity contribution is 0.281. The van der Waals surface area contributed by atoms with E-state index in [9.17, 15) is 12.8 Å². The molecule has 0 bridgehead atoms. The van der Waals surface area contributed by atoms with Gasteiger partial charge in [0, 0.05) is 11.6 Å². The molecule has 1 atom stereocenters. The summed E-state index contributed by atoms with van der Waals surface area (Å²) in [5.41, 5.74) is 0.309. The first kappa shape index (κ1) is 18.1. The van der Waals surface area contributed by atoms with E-state index in [4.69, 9.17) is 5.11 Å². The molecule has 21 heavy (non-hydrogen) atoms. The lowest BCUT2D eigenvalue weighted by atomic mass is 10.1. The number of aliphatic hydroxyl groups is 1. The van der Waals surface area contributed by atoms with Crippen molar-refractivity contribution in [2.75, 3.05) is 0 Å². The Morgan fingerprint density at radius 1 is 1.24 bits per heavy atom. The molecule has 0 heterocycles. The molecule has 0 aliphatic rings. The van der Waals surface area contributed by atoms with Gasteiger partial charge in [-0.05, 0) is 50.3 Å². The van der Waals surface area contributed by atoms with E-state index in [-0.39, 0.29) is 22.1 Å². The van der Waals surface area contributed by atoms with Crippen LogP contribution >= 0.6 is 0 Å². The van der Waals surface area contributed by atoms with E-state index >= 15 is 0 Å². The maximum Gasteiger partial charge on any atom is 0.241 e. The largest absolute Gasteiger partial charge is 0.392 e. The number of sulfonamides is 1. The summed E-state index contributed by atoms with van der Waals surface area (Å²) in [7, 11) is -3.79. The molecule has 0 aliphatic carbocycles. The second-order valence-electron chi connectivity index (χ2n) is 5.85. The highest BCUT2D eigenvalue weighted by Crippen LogP contribution is 2.21. The zero-order chi connectivity index (χ0) is 16.2. The molecule has 2 N–H and O–H groups in total. The lowest BCUT2D eigenvalue weighted by Crippen LogP contribution is -2.33. The highest BCUT2D eigenvalue weighted by Gasteiger charge is 2.22. The van der Waals surface area contributed by atoms with E-state index in [1.807, 2.05) is 0 Å². The Balaban J connectivity index is 3.00. The third-order valence-electron chi connectivity index (χ3n) is 3.36. The molecule has 1 aromatic rings. The van der Waals surface area contributed by atoms with Crippen LogP contribution in [-0.2, 0) is 16.6 Å². The molecule has 0 amide bonds. The van der Waals surface area contributed by atoms with Crippen LogP contribution in [0.25, 0.3) is 0 Å². The van der Waals surface area contributed by atoms with Gasteiger partial charge in [0.1, 0.15) is 5.82 Å². The maximum absolute atomic E-state index is 13.7. The van der Waals surface area contributed by atoms with Gasteiger partial charge in [-0.1, -0.05) is 13.8 Å². The average Bonchev–Trinajstić information content (AvgIpc) is 2.38. The summed E-state index contributed by atoms with van der Waals surface area (Å²) < 4.78 is 41.1. The van der Waals surface area contributed by atoms with Gasteiger partial charge in [-0.3, -0.25) is 0 Å². The SMILES string of the molecule is Cc1c(F)cc(CO)cc1S(=O)(=O)NC(C)CCC(C)C. The molecule has 1 unspecified atom stereocenters. The molecule has 120 valence electrons. The van der Waals surface area contributed by atoms with Gasteiger partial charge in [-0.25, -0.2) is 17.5 Å². The molecule has 0 aromatic heterocycles. The van der Waals surface area contributed by atoms with Crippen molar-refractivity contribution in [3.8, 4) is 0 Å². The van der Waals surface area contributed by atoms with Crippen LogP contribution < -0.4 is 4.72 Å². The predicted molar refractivity (Wildman–Crippen MR) is 80.9 cm³/mol. The predicted octanol–water partition coefficient (Wildman–Crippen LogP) is 2.73. The average molecular weight is 317 g/mol. The smallest absolute Gasteiger partial charge is 0.241 e. The fourth-order valence-corrected chi connectivity index (χ4v) is 3.63. The summed E-state index contributed by atoms with van der Waals surface area (Å²) in [6, 6.07) is 2.24. The minimum absolute atomic E-state index is 0.0655. The summed E-state index contributed by atoms with van der Waals surface area (Å²) in [4.78, 5) is -0.108. The van der Waals surface area contributed by atoms with E-state index in [0.717, 1.165) is 18.9 Å². The fraction of sp³-hybridized carbons (Fsp3) is 0.600. The lowest BCUT2D eigenvalue weighted by Gasteiger charge is -2.17. The molecule has 4 nitrogen and oxygen atoms in total. The van der Waals surface area contributed by atoms with Crippen LogP contribution in [0, 0.1) is 18.7 Å². The molecule has 0 fully saturated rings. The summed E-state index contributed by atoms with van der Waals surface area (Å²) in [6.07, 6.45) is 1.63. The van der Waals surface area contributed by atoms with Crippen molar-refractivity contribution in [2.24, 2.45) is 5.92 Å². The van der Waals surface area contributed by atoms with Gasteiger partial charge in [-0.15, -0.1) is 0 Å². The molecule has 0 saturated carbocycles. The third kappa shape index (κ3) is 5.05. The van der Waals surface area contributed by atoms with Crippen molar-refractivity contribution in [2.45, 2.75) is 58.1 Å². The van der Waals surface area contributed by atoms with Gasteiger partial charge in [0.05, 0.1) is 11.5 Å². The van der Waals surface area contributed by atoms with Crippen LogP contribution in [0.2, 0.25) is 0 Å². The van der Waals surface area contributed by atoms with Crippen LogP contribution in [-0.4, -0.2) is 19.6 Å². The maximum atomic E-state index is 13.7. The van der Waals surface area contributed by atoms with Crippen molar-refractivity contribution in [3.05, 3.63) is 29.1 Å². The number of hydrogen-bond acceptors (Lipinski definition) is 3. The van der Waals surface area contributed by atoms with Gasteiger partial charge in [0.2, 0.25) is 10.0 Å². The standard InChI is InChI=1S/C15H24FNO3S/c1-10(2)5-6-11(3)17-21(19,20)15-8-13(9-18)7-14(16)12(15)4/h7-8,10-11,17-18H,5-6,9H2,1-4H3. The van der Waals surface area contributed by atoms with Crippen molar-refractivity contribution in [1.82, 2.24) is 4.72 Å². The fourth-order valence-electron chi connectivity index (χ4n) is 2.05. The van der Waals surface area contributed by atoms with Crippen LogP contribution in [0.15, 0.2) is 17.0 Å². The Bertz CT molecular complexity index is 585. The zero-order valence-electron chi connectivity index (χ0n) is 13.0. The number of aliphatic hydroxyl groups excluding tert-OH is 1. The first-order chi connectivity index (χ1) is 9.67. The minimum atomic E-state index is -3.79. The van der Waals surface area contributed by atoms with E-state index in [1.165, 1.54) is 13.0 Å². The van der Waals surface area contributed by atoms with Gasteiger partial charge in [0.25, 0.3) is 0 Å². The Morgan fingerprint density at radius 3 is 2.38 bits per heavy atom. The summed E-state index contributed by atoms with van der Waals surface area (Å²) in [6.45, 7) is 6.96. The van der Waals surface area contributed by atoms with Crippen LogP contribution in [0.4, 0.5) is 4.39 Å². The minimum Gasteiger partial charge on any atom is -0.392 e. The topological polar surface area (TPSA) is 66.4 Å². The number of hydrogen-bond donors (Lipinski definition) is 2. The van der Waals surface area contributed by atoms with Crippen molar-refractivity contribution < 1.29 is 17.9 Å². The zero-order valence-corrected chi connectivity index (χ0v) is 13.8. The summed E-state index contributed by atoms with van der Waals surface area (Å²) >= 11 is 0. The Kier molecular flexibility index (Phi) is 6.31. The Labute approximate surface area is 126 Å². The van der Waals surface area contributed by atoms with Crippen LogP contribution in [0.5, 0.6) is 0 Å². The first-order valence-electron chi connectivity index (χ1n) is 7.09. The molecular weight excluding hydrogens is 293 g/mol. The molecule has 1 rings (SSSR count). The molecule has 0 radical (unpaired) electrons. The highest BCUT2D eigenvalue weighted by molar-refractivity contribution is 7.89. The van der Waals surface area contributed by atoms with Gasteiger partial charge in [-0.2, -0.15) is 0 Å². The van der Waals surface area contributed by atoms with Crippen molar-refractivity contribution in [3.63, 3.8) is 0 Å². The second kappa shape index (κ2) is 7.33. The van der Waals surface area contributed by atoms with Gasteiger partial charge >= 0.3 is 0 Å². The monoisotopic (exact) mass is 317 g/mol. The quantitative estimate of drug-likeness (QED) is 0.812. The van der Waals surface area contributed by atoms with Crippen molar-refractivity contribution in [1.29, 1.82) is 0 Å². The molecule has 0 spiro atoms. The van der Waals surface area contributed by atoms with E-state index in [2.05, 4.69) is 18.6 Å². The number of halogens is 1. The Morgan fingerprint density at radius 2 is 1.86 bits per heavy atom. The third-order valence-corrected chi connectivity index (χ3v) is 5.08. The number of benzene rings is 1. The second-order valence-corrected chi connectivity index (χ2v) is 7.53. The number of rotatable bonds is 7.